The number of hydrogen-bond donors (Lipinski definition) is 1. The smallest absolute Gasteiger partial charge is 0.242 e. The molecule has 0 amide bonds. The second kappa shape index (κ2) is 5.82. The Labute approximate surface area is 119 Å². The van der Waals surface area contributed by atoms with Gasteiger partial charge in [0.05, 0.1) is 18.1 Å². The molecule has 0 aliphatic carbocycles. The van der Waals surface area contributed by atoms with Crippen LogP contribution in [0.3, 0.4) is 0 Å². The molecule has 2 rings (SSSR count). The lowest BCUT2D eigenvalue weighted by atomic mass is 10.3. The monoisotopic (exact) mass is 300 g/mol. The summed E-state index contributed by atoms with van der Waals surface area (Å²) in [5.41, 5.74) is 6.41. The van der Waals surface area contributed by atoms with Crippen LogP contribution in [-0.4, -0.2) is 49.1 Å². The number of sulfone groups is 1. The van der Waals surface area contributed by atoms with Crippen LogP contribution in [-0.2, 0) is 9.84 Å². The Hall–Kier alpha value is -1.57. The van der Waals surface area contributed by atoms with E-state index in [0.29, 0.717) is 30.5 Å². The Morgan fingerprint density at radius 2 is 2.25 bits per heavy atom. The van der Waals surface area contributed by atoms with E-state index < -0.39 is 9.84 Å². The second-order valence-corrected chi connectivity index (χ2v) is 7.15. The fourth-order valence-electron chi connectivity index (χ4n) is 2.23. The second-order valence-electron chi connectivity index (χ2n) is 4.92. The molecule has 112 valence electrons. The average Bonchev–Trinajstić information content (AvgIpc) is 2.37. The first kappa shape index (κ1) is 14.8. The van der Waals surface area contributed by atoms with Crippen molar-refractivity contribution in [1.29, 1.82) is 0 Å². The van der Waals surface area contributed by atoms with Gasteiger partial charge < -0.3 is 15.4 Å². The number of ether oxygens (including phenoxy) is 1. The van der Waals surface area contributed by atoms with Gasteiger partial charge in [0.25, 0.3) is 0 Å². The summed E-state index contributed by atoms with van der Waals surface area (Å²) in [6, 6.07) is -0.162. The maximum Gasteiger partial charge on any atom is 0.242 e. The van der Waals surface area contributed by atoms with Gasteiger partial charge in [-0.05, 0) is 13.3 Å². The van der Waals surface area contributed by atoms with Gasteiger partial charge in [-0.1, -0.05) is 6.92 Å². The Morgan fingerprint density at radius 3 is 2.90 bits per heavy atom. The van der Waals surface area contributed by atoms with Crippen molar-refractivity contribution in [1.82, 2.24) is 9.97 Å². The van der Waals surface area contributed by atoms with Gasteiger partial charge in [-0.15, -0.1) is 0 Å². The summed E-state index contributed by atoms with van der Waals surface area (Å²) in [6.07, 6.45) is 2.25. The highest BCUT2D eigenvalue weighted by Gasteiger charge is 2.30. The van der Waals surface area contributed by atoms with Gasteiger partial charge in [0.2, 0.25) is 5.88 Å². The molecule has 7 nitrogen and oxygen atoms in total. The average molecular weight is 300 g/mol. The number of hydrogen-bond acceptors (Lipinski definition) is 7. The topological polar surface area (TPSA) is 98.4 Å². The lowest BCUT2D eigenvalue weighted by molar-refractivity contribution is 0.306. The molecule has 0 spiro atoms. The summed E-state index contributed by atoms with van der Waals surface area (Å²) in [6.45, 7) is 4.77. The minimum atomic E-state index is -2.97. The molecule has 1 saturated heterocycles. The van der Waals surface area contributed by atoms with Gasteiger partial charge >= 0.3 is 0 Å². The Bertz CT molecular complexity index is 576. The van der Waals surface area contributed by atoms with Crippen molar-refractivity contribution in [2.45, 2.75) is 26.3 Å². The number of rotatable bonds is 4. The van der Waals surface area contributed by atoms with Crippen molar-refractivity contribution in [2.75, 3.05) is 35.3 Å². The molecule has 1 aliphatic heterocycles. The highest BCUT2D eigenvalue weighted by molar-refractivity contribution is 7.91. The van der Waals surface area contributed by atoms with E-state index in [2.05, 4.69) is 9.97 Å². The molecule has 2 N–H and O–H groups in total. The minimum Gasteiger partial charge on any atom is -0.476 e. The van der Waals surface area contributed by atoms with Crippen LogP contribution < -0.4 is 15.4 Å². The summed E-state index contributed by atoms with van der Waals surface area (Å²) >= 11 is 0. The van der Waals surface area contributed by atoms with Crippen LogP contribution in [0.2, 0.25) is 0 Å². The van der Waals surface area contributed by atoms with Crippen LogP contribution in [0.25, 0.3) is 0 Å². The van der Waals surface area contributed by atoms with Crippen LogP contribution in [0.15, 0.2) is 6.33 Å². The zero-order valence-electron chi connectivity index (χ0n) is 11.7. The van der Waals surface area contributed by atoms with E-state index >= 15 is 0 Å². The third-order valence-electron chi connectivity index (χ3n) is 3.21. The standard InChI is InChI=1S/C12H20N4O3S/c1-3-5-19-12-10(13)11(14-8-15-12)16-4-6-20(17,18)7-9(16)2/h8-9H,3-7,13H2,1-2H3. The molecular weight excluding hydrogens is 280 g/mol. The fourth-order valence-corrected chi connectivity index (χ4v) is 3.78. The van der Waals surface area contributed by atoms with E-state index in [1.165, 1.54) is 6.33 Å². The first-order valence-electron chi connectivity index (χ1n) is 6.65. The van der Waals surface area contributed by atoms with Crippen molar-refractivity contribution in [2.24, 2.45) is 0 Å². The third kappa shape index (κ3) is 3.12. The molecule has 1 aromatic heterocycles. The normalized spacial score (nSPS) is 21.7. The molecule has 0 bridgehead atoms. The molecule has 0 aromatic carbocycles. The van der Waals surface area contributed by atoms with Gasteiger partial charge in [-0.3, -0.25) is 0 Å². The van der Waals surface area contributed by atoms with E-state index in [4.69, 9.17) is 10.5 Å². The predicted octanol–water partition coefficient (Wildman–Crippen LogP) is 0.471. The number of nitrogens with zero attached hydrogens (tertiary/aromatic N) is 3. The lowest BCUT2D eigenvalue weighted by Crippen LogP contribution is -2.47. The molecule has 0 radical (unpaired) electrons. The maximum absolute atomic E-state index is 11.6. The van der Waals surface area contributed by atoms with Crippen molar-refractivity contribution in [3.63, 3.8) is 0 Å². The highest BCUT2D eigenvalue weighted by Crippen LogP contribution is 2.30. The van der Waals surface area contributed by atoms with Gasteiger partial charge in [0.1, 0.15) is 12.0 Å². The van der Waals surface area contributed by atoms with Crippen LogP contribution in [0.5, 0.6) is 5.88 Å². The number of anilines is 2. The molecule has 2 heterocycles. The molecule has 0 saturated carbocycles. The number of aromatic nitrogens is 2. The SMILES string of the molecule is CCCOc1ncnc(N2CCS(=O)(=O)CC2C)c1N. The molecule has 1 aromatic rings. The fraction of sp³-hybridized carbons (Fsp3) is 0.667. The summed E-state index contributed by atoms with van der Waals surface area (Å²) in [7, 11) is -2.97. The highest BCUT2D eigenvalue weighted by atomic mass is 32.2. The van der Waals surface area contributed by atoms with Crippen LogP contribution >= 0.6 is 0 Å². The van der Waals surface area contributed by atoms with E-state index in [0.717, 1.165) is 6.42 Å². The molecule has 1 unspecified atom stereocenters. The van der Waals surface area contributed by atoms with E-state index in [1.807, 2.05) is 18.7 Å². The summed E-state index contributed by atoms with van der Waals surface area (Å²) in [4.78, 5) is 10.1. The van der Waals surface area contributed by atoms with Crippen molar-refractivity contribution < 1.29 is 13.2 Å². The van der Waals surface area contributed by atoms with Crippen molar-refractivity contribution in [3.8, 4) is 5.88 Å². The Kier molecular flexibility index (Phi) is 4.32. The zero-order chi connectivity index (χ0) is 14.8. The van der Waals surface area contributed by atoms with E-state index in [9.17, 15) is 8.42 Å². The minimum absolute atomic E-state index is 0.113. The van der Waals surface area contributed by atoms with Gasteiger partial charge in [-0.25, -0.2) is 13.4 Å². The first-order chi connectivity index (χ1) is 9.44. The molecule has 1 aliphatic rings. The number of nitrogens with two attached hydrogens (primary N) is 1. The summed E-state index contributed by atoms with van der Waals surface area (Å²) in [5, 5.41) is 0. The van der Waals surface area contributed by atoms with Crippen LogP contribution in [0.4, 0.5) is 11.5 Å². The van der Waals surface area contributed by atoms with Gasteiger partial charge in [0, 0.05) is 12.6 Å². The van der Waals surface area contributed by atoms with Crippen LogP contribution in [0, 0.1) is 0 Å². The molecule has 1 atom stereocenters. The van der Waals surface area contributed by atoms with Crippen molar-refractivity contribution in [3.05, 3.63) is 6.33 Å². The van der Waals surface area contributed by atoms with Crippen LogP contribution in [0.1, 0.15) is 20.3 Å². The van der Waals surface area contributed by atoms with Gasteiger partial charge in [-0.2, -0.15) is 4.98 Å². The van der Waals surface area contributed by atoms with E-state index in [-0.39, 0.29) is 17.5 Å². The predicted molar refractivity (Wildman–Crippen MR) is 77.7 cm³/mol. The quantitative estimate of drug-likeness (QED) is 0.863. The zero-order valence-corrected chi connectivity index (χ0v) is 12.6. The third-order valence-corrected chi connectivity index (χ3v) is 5.01. The summed E-state index contributed by atoms with van der Waals surface area (Å²) in [5.74, 6) is 1.14. The Balaban J connectivity index is 2.25. The lowest BCUT2D eigenvalue weighted by Gasteiger charge is -2.34. The van der Waals surface area contributed by atoms with Crippen molar-refractivity contribution >= 4 is 21.3 Å². The number of nitrogen functional groups attached to an aromatic ring is 1. The maximum atomic E-state index is 11.6. The molecule has 20 heavy (non-hydrogen) atoms. The molecular formula is C12H20N4O3S. The first-order valence-corrected chi connectivity index (χ1v) is 8.47. The molecule has 8 heteroatoms. The van der Waals surface area contributed by atoms with Gasteiger partial charge in [0.15, 0.2) is 15.7 Å². The Morgan fingerprint density at radius 1 is 1.50 bits per heavy atom. The summed E-state index contributed by atoms with van der Waals surface area (Å²) < 4.78 is 28.7. The molecule has 1 fully saturated rings. The largest absolute Gasteiger partial charge is 0.476 e. The van der Waals surface area contributed by atoms with E-state index in [1.54, 1.807) is 0 Å².